The lowest BCUT2D eigenvalue weighted by Gasteiger charge is -2.20. The van der Waals surface area contributed by atoms with Gasteiger partial charge in [-0.2, -0.15) is 9.61 Å². The SMILES string of the molecule is CC(C)c1cnn2c(N(Cc3ccccc3)C(=O)O)cc(Cl)nc12. The van der Waals surface area contributed by atoms with Crippen LogP contribution in [0.15, 0.2) is 42.6 Å². The van der Waals surface area contributed by atoms with Crippen LogP contribution in [0.3, 0.4) is 0 Å². The first-order chi connectivity index (χ1) is 11.5. The Bertz CT molecular complexity index is 877. The third-order valence-electron chi connectivity index (χ3n) is 3.76. The molecule has 0 atom stereocenters. The van der Waals surface area contributed by atoms with Gasteiger partial charge in [-0.05, 0) is 11.5 Å². The van der Waals surface area contributed by atoms with E-state index in [-0.39, 0.29) is 17.6 Å². The first-order valence-corrected chi connectivity index (χ1v) is 7.93. The Labute approximate surface area is 144 Å². The summed E-state index contributed by atoms with van der Waals surface area (Å²) >= 11 is 6.14. The molecule has 0 aliphatic rings. The molecular formula is C17H17ClN4O2. The average molecular weight is 345 g/mol. The van der Waals surface area contributed by atoms with E-state index in [1.165, 1.54) is 15.5 Å². The highest BCUT2D eigenvalue weighted by Crippen LogP contribution is 2.26. The standard InChI is InChI=1S/C17H17ClN4O2/c1-11(2)13-9-19-22-15(8-14(18)20-16(13)22)21(17(23)24)10-12-6-4-3-5-7-12/h3-9,11H,10H2,1-2H3,(H,23,24). The van der Waals surface area contributed by atoms with Gasteiger partial charge in [0.05, 0.1) is 12.7 Å². The Morgan fingerprint density at radius 3 is 2.67 bits per heavy atom. The van der Waals surface area contributed by atoms with Crippen molar-refractivity contribution in [3.8, 4) is 0 Å². The lowest BCUT2D eigenvalue weighted by atomic mass is 10.1. The summed E-state index contributed by atoms with van der Waals surface area (Å²) in [4.78, 5) is 17.3. The summed E-state index contributed by atoms with van der Waals surface area (Å²) < 4.78 is 1.53. The number of anilines is 1. The normalized spacial score (nSPS) is 11.2. The number of amides is 1. The largest absolute Gasteiger partial charge is 0.465 e. The zero-order valence-electron chi connectivity index (χ0n) is 13.3. The van der Waals surface area contributed by atoms with Crippen molar-refractivity contribution in [3.05, 3.63) is 58.9 Å². The number of hydrogen-bond acceptors (Lipinski definition) is 3. The van der Waals surface area contributed by atoms with Crippen molar-refractivity contribution in [3.63, 3.8) is 0 Å². The monoisotopic (exact) mass is 344 g/mol. The summed E-state index contributed by atoms with van der Waals surface area (Å²) in [5.41, 5.74) is 2.37. The van der Waals surface area contributed by atoms with Gasteiger partial charge in [0.1, 0.15) is 11.0 Å². The van der Waals surface area contributed by atoms with Gasteiger partial charge >= 0.3 is 6.09 Å². The van der Waals surface area contributed by atoms with E-state index in [1.54, 1.807) is 6.20 Å². The molecule has 0 bridgehead atoms. The quantitative estimate of drug-likeness (QED) is 0.720. The molecule has 0 aliphatic heterocycles. The first-order valence-electron chi connectivity index (χ1n) is 7.56. The van der Waals surface area contributed by atoms with E-state index in [1.807, 2.05) is 44.2 Å². The smallest absolute Gasteiger partial charge is 0.413 e. The van der Waals surface area contributed by atoms with Gasteiger partial charge in [-0.3, -0.25) is 4.90 Å². The van der Waals surface area contributed by atoms with Gasteiger partial charge in [0.2, 0.25) is 0 Å². The Morgan fingerprint density at radius 2 is 2.04 bits per heavy atom. The van der Waals surface area contributed by atoms with Crippen LogP contribution in [0.5, 0.6) is 0 Å². The Hall–Kier alpha value is -2.60. The van der Waals surface area contributed by atoms with Crippen molar-refractivity contribution >= 4 is 29.2 Å². The molecule has 24 heavy (non-hydrogen) atoms. The van der Waals surface area contributed by atoms with Gasteiger partial charge in [-0.1, -0.05) is 55.8 Å². The van der Waals surface area contributed by atoms with Gasteiger partial charge in [-0.25, -0.2) is 9.78 Å². The Morgan fingerprint density at radius 1 is 1.33 bits per heavy atom. The molecule has 2 aromatic heterocycles. The molecule has 0 aliphatic carbocycles. The molecule has 0 saturated carbocycles. The summed E-state index contributed by atoms with van der Waals surface area (Å²) in [5, 5.41) is 14.2. The number of fused-ring (bicyclic) bond motifs is 1. The van der Waals surface area contributed by atoms with Crippen LogP contribution < -0.4 is 4.90 Å². The number of halogens is 1. The van der Waals surface area contributed by atoms with Crippen LogP contribution in [0.1, 0.15) is 30.9 Å². The van der Waals surface area contributed by atoms with Crippen molar-refractivity contribution in [2.45, 2.75) is 26.3 Å². The Balaban J connectivity index is 2.12. The van der Waals surface area contributed by atoms with E-state index in [4.69, 9.17) is 11.6 Å². The van der Waals surface area contributed by atoms with Crippen molar-refractivity contribution < 1.29 is 9.90 Å². The number of carboxylic acid groups (broad SMARTS) is 1. The minimum Gasteiger partial charge on any atom is -0.465 e. The molecule has 3 rings (SSSR count). The summed E-state index contributed by atoms with van der Waals surface area (Å²) in [7, 11) is 0. The lowest BCUT2D eigenvalue weighted by molar-refractivity contribution is 0.201. The molecule has 0 spiro atoms. The fourth-order valence-electron chi connectivity index (χ4n) is 2.55. The number of benzene rings is 1. The Kier molecular flexibility index (Phi) is 4.40. The number of nitrogens with zero attached hydrogens (tertiary/aromatic N) is 4. The fraction of sp³-hybridized carbons (Fsp3) is 0.235. The van der Waals surface area contributed by atoms with Crippen LogP contribution in [0.25, 0.3) is 5.65 Å². The minimum atomic E-state index is -1.08. The van der Waals surface area contributed by atoms with Crippen molar-refractivity contribution in [2.24, 2.45) is 0 Å². The van der Waals surface area contributed by atoms with E-state index in [0.29, 0.717) is 11.5 Å². The molecule has 7 heteroatoms. The van der Waals surface area contributed by atoms with Crippen LogP contribution in [0.4, 0.5) is 10.6 Å². The highest BCUT2D eigenvalue weighted by molar-refractivity contribution is 6.29. The zero-order chi connectivity index (χ0) is 17.3. The first kappa shape index (κ1) is 16.3. The van der Waals surface area contributed by atoms with E-state index < -0.39 is 6.09 Å². The molecule has 1 amide bonds. The molecule has 1 N–H and O–H groups in total. The molecule has 124 valence electrons. The van der Waals surface area contributed by atoms with Gasteiger partial charge < -0.3 is 5.11 Å². The highest BCUT2D eigenvalue weighted by atomic mass is 35.5. The van der Waals surface area contributed by atoms with E-state index in [0.717, 1.165) is 11.1 Å². The average Bonchev–Trinajstić information content (AvgIpc) is 2.96. The maximum atomic E-state index is 11.8. The molecule has 0 unspecified atom stereocenters. The third-order valence-corrected chi connectivity index (χ3v) is 3.96. The summed E-state index contributed by atoms with van der Waals surface area (Å²) in [6.07, 6.45) is 0.624. The highest BCUT2D eigenvalue weighted by Gasteiger charge is 2.21. The number of carbonyl (C=O) groups is 1. The fourth-order valence-corrected chi connectivity index (χ4v) is 2.73. The minimum absolute atomic E-state index is 0.197. The number of aromatic nitrogens is 3. The van der Waals surface area contributed by atoms with Gasteiger partial charge in [0.15, 0.2) is 5.65 Å². The lowest BCUT2D eigenvalue weighted by Crippen LogP contribution is -2.30. The van der Waals surface area contributed by atoms with Gasteiger partial charge in [0, 0.05) is 11.6 Å². The van der Waals surface area contributed by atoms with Crippen molar-refractivity contribution in [1.29, 1.82) is 0 Å². The molecule has 0 radical (unpaired) electrons. The van der Waals surface area contributed by atoms with Crippen LogP contribution in [-0.4, -0.2) is 25.8 Å². The number of hydrogen-bond donors (Lipinski definition) is 1. The summed E-state index contributed by atoms with van der Waals surface area (Å²) in [5.74, 6) is 0.571. The second-order valence-electron chi connectivity index (χ2n) is 5.78. The van der Waals surface area contributed by atoms with Gasteiger partial charge in [0.25, 0.3) is 0 Å². The molecule has 0 fully saturated rings. The van der Waals surface area contributed by atoms with Crippen LogP contribution >= 0.6 is 11.6 Å². The maximum Gasteiger partial charge on any atom is 0.413 e. The molecule has 3 aromatic rings. The molecular weight excluding hydrogens is 328 g/mol. The summed E-state index contributed by atoms with van der Waals surface area (Å²) in [6, 6.07) is 10.9. The summed E-state index contributed by atoms with van der Waals surface area (Å²) in [6.45, 7) is 4.25. The third kappa shape index (κ3) is 3.05. The van der Waals surface area contributed by atoms with Crippen molar-refractivity contribution in [2.75, 3.05) is 4.90 Å². The number of rotatable bonds is 4. The molecule has 1 aromatic carbocycles. The maximum absolute atomic E-state index is 11.8. The molecule has 6 nitrogen and oxygen atoms in total. The predicted octanol–water partition coefficient (Wildman–Crippen LogP) is 4.19. The van der Waals surface area contributed by atoms with Crippen LogP contribution in [0.2, 0.25) is 5.15 Å². The van der Waals surface area contributed by atoms with Crippen LogP contribution in [-0.2, 0) is 6.54 Å². The zero-order valence-corrected chi connectivity index (χ0v) is 14.1. The topological polar surface area (TPSA) is 70.7 Å². The molecule has 0 saturated heterocycles. The van der Waals surface area contributed by atoms with Crippen molar-refractivity contribution in [1.82, 2.24) is 14.6 Å². The van der Waals surface area contributed by atoms with Crippen LogP contribution in [0, 0.1) is 0 Å². The molecule has 2 heterocycles. The predicted molar refractivity (Wildman–Crippen MR) is 92.7 cm³/mol. The second kappa shape index (κ2) is 6.49. The van der Waals surface area contributed by atoms with E-state index >= 15 is 0 Å². The second-order valence-corrected chi connectivity index (χ2v) is 6.17. The van der Waals surface area contributed by atoms with Gasteiger partial charge in [-0.15, -0.1) is 0 Å². The van der Waals surface area contributed by atoms with E-state index in [2.05, 4.69) is 10.1 Å². The van der Waals surface area contributed by atoms with E-state index in [9.17, 15) is 9.90 Å².